The first-order chi connectivity index (χ1) is 10.5. The van der Waals surface area contributed by atoms with Crippen LogP contribution in [0.3, 0.4) is 0 Å². The maximum absolute atomic E-state index is 12.4. The van der Waals surface area contributed by atoms with E-state index in [0.29, 0.717) is 12.2 Å². The van der Waals surface area contributed by atoms with Gasteiger partial charge in [-0.05, 0) is 37.8 Å². The number of hydrogen-bond acceptors (Lipinski definition) is 5. The van der Waals surface area contributed by atoms with E-state index >= 15 is 0 Å². The number of thioether (sulfide) groups is 1. The molecule has 2 rings (SSSR count). The van der Waals surface area contributed by atoms with Crippen molar-refractivity contribution < 1.29 is 9.53 Å². The van der Waals surface area contributed by atoms with E-state index in [1.807, 2.05) is 56.3 Å². The molecule has 1 heterocycles. The average Bonchev–Trinajstić information content (AvgIpc) is 2.50. The maximum atomic E-state index is 12.4. The fraction of sp³-hybridized carbons (Fsp3) is 0.375. The van der Waals surface area contributed by atoms with Crippen molar-refractivity contribution in [3.63, 3.8) is 0 Å². The van der Waals surface area contributed by atoms with Crippen LogP contribution in [0.1, 0.15) is 25.5 Å². The molecule has 4 nitrogen and oxygen atoms in total. The van der Waals surface area contributed by atoms with Crippen LogP contribution in [0.2, 0.25) is 0 Å². The van der Waals surface area contributed by atoms with Gasteiger partial charge in [-0.25, -0.2) is 9.79 Å². The summed E-state index contributed by atoms with van der Waals surface area (Å²) in [4.78, 5) is 19.1. The van der Waals surface area contributed by atoms with Crippen LogP contribution >= 0.6 is 27.7 Å². The van der Waals surface area contributed by atoms with Gasteiger partial charge < -0.3 is 9.64 Å². The lowest BCUT2D eigenvalue weighted by molar-refractivity contribution is -0.139. The SMILES string of the molecule is CCOC(=O)C1=C(C)N(C)C(SC)=NC1c1ccc(Br)cc1. The van der Waals surface area contributed by atoms with E-state index in [1.165, 1.54) is 0 Å². The molecule has 1 aliphatic heterocycles. The highest BCUT2D eigenvalue weighted by molar-refractivity contribution is 9.10. The Morgan fingerprint density at radius 3 is 2.59 bits per heavy atom. The second kappa shape index (κ2) is 7.33. The number of allylic oxidation sites excluding steroid dienone is 1. The summed E-state index contributed by atoms with van der Waals surface area (Å²) in [5.74, 6) is -0.302. The van der Waals surface area contributed by atoms with Crippen LogP contribution in [-0.2, 0) is 9.53 Å². The van der Waals surface area contributed by atoms with E-state index in [0.717, 1.165) is 20.9 Å². The molecule has 6 heteroatoms. The zero-order chi connectivity index (χ0) is 16.3. The molecule has 0 bridgehead atoms. The molecule has 0 saturated heterocycles. The highest BCUT2D eigenvalue weighted by atomic mass is 79.9. The minimum Gasteiger partial charge on any atom is -0.463 e. The van der Waals surface area contributed by atoms with Crippen molar-refractivity contribution >= 4 is 38.8 Å². The minimum absolute atomic E-state index is 0.302. The van der Waals surface area contributed by atoms with Crippen LogP contribution in [0.25, 0.3) is 0 Å². The topological polar surface area (TPSA) is 41.9 Å². The van der Waals surface area contributed by atoms with Crippen LogP contribution in [-0.4, -0.2) is 35.9 Å². The van der Waals surface area contributed by atoms with Gasteiger partial charge >= 0.3 is 5.97 Å². The predicted molar refractivity (Wildman–Crippen MR) is 94.9 cm³/mol. The van der Waals surface area contributed by atoms with Gasteiger partial charge in [-0.3, -0.25) is 0 Å². The number of ether oxygens (including phenoxy) is 1. The third-order valence-electron chi connectivity index (χ3n) is 3.56. The Hall–Kier alpha value is -1.27. The molecule has 0 spiro atoms. The Balaban J connectivity index is 2.51. The molecule has 118 valence electrons. The van der Waals surface area contributed by atoms with Gasteiger partial charge in [0.25, 0.3) is 0 Å². The fourth-order valence-electron chi connectivity index (χ4n) is 2.33. The van der Waals surface area contributed by atoms with Crippen molar-refractivity contribution in [3.8, 4) is 0 Å². The number of nitrogens with zero attached hydrogens (tertiary/aromatic N) is 2. The summed E-state index contributed by atoms with van der Waals surface area (Å²) in [5.41, 5.74) is 2.46. The van der Waals surface area contributed by atoms with Gasteiger partial charge in [-0.15, -0.1) is 0 Å². The lowest BCUT2D eigenvalue weighted by Crippen LogP contribution is -2.32. The molecule has 1 aliphatic rings. The van der Waals surface area contributed by atoms with Gasteiger partial charge in [0.05, 0.1) is 12.2 Å². The van der Waals surface area contributed by atoms with E-state index in [1.54, 1.807) is 11.8 Å². The third kappa shape index (κ3) is 3.38. The molecule has 0 aromatic heterocycles. The van der Waals surface area contributed by atoms with Crippen molar-refractivity contribution in [1.29, 1.82) is 0 Å². The van der Waals surface area contributed by atoms with Crippen molar-refractivity contribution in [1.82, 2.24) is 4.90 Å². The third-order valence-corrected chi connectivity index (χ3v) is 4.83. The summed E-state index contributed by atoms with van der Waals surface area (Å²) in [7, 11) is 1.92. The molecular formula is C16H19BrN2O2S. The Bertz CT molecular complexity index is 626. The van der Waals surface area contributed by atoms with Crippen molar-refractivity contribution in [2.24, 2.45) is 4.99 Å². The van der Waals surface area contributed by atoms with Gasteiger partial charge in [-0.1, -0.05) is 39.8 Å². The Kier molecular flexibility index (Phi) is 5.69. The van der Waals surface area contributed by atoms with E-state index in [-0.39, 0.29) is 12.0 Å². The molecule has 1 aromatic carbocycles. The molecule has 0 radical (unpaired) electrons. The number of esters is 1. The molecule has 0 aliphatic carbocycles. The number of amidine groups is 1. The lowest BCUT2D eigenvalue weighted by Gasteiger charge is -2.31. The first-order valence-electron chi connectivity index (χ1n) is 6.98. The second-order valence-electron chi connectivity index (χ2n) is 4.85. The standard InChI is InChI=1S/C16H19BrN2O2S/c1-5-21-15(20)13-10(2)19(3)16(22-4)18-14(13)11-6-8-12(17)9-7-11/h6-9,14H,5H2,1-4H3. The summed E-state index contributed by atoms with van der Waals surface area (Å²) in [5, 5.41) is 0.887. The Labute approximate surface area is 143 Å². The normalized spacial score (nSPS) is 18.3. The quantitative estimate of drug-likeness (QED) is 0.741. The molecule has 0 N–H and O–H groups in total. The molecule has 1 atom stereocenters. The van der Waals surface area contributed by atoms with E-state index in [4.69, 9.17) is 9.73 Å². The summed E-state index contributed by atoms with van der Waals surface area (Å²) >= 11 is 5.00. The Morgan fingerprint density at radius 2 is 2.05 bits per heavy atom. The second-order valence-corrected chi connectivity index (χ2v) is 6.54. The summed E-state index contributed by atoms with van der Waals surface area (Å²) in [6, 6.07) is 7.55. The van der Waals surface area contributed by atoms with Crippen LogP contribution < -0.4 is 0 Å². The van der Waals surface area contributed by atoms with Gasteiger partial charge in [0.15, 0.2) is 5.17 Å². The molecule has 22 heavy (non-hydrogen) atoms. The Morgan fingerprint density at radius 1 is 1.41 bits per heavy atom. The number of carbonyl (C=O) groups is 1. The minimum atomic E-state index is -0.328. The van der Waals surface area contributed by atoms with Crippen molar-refractivity contribution in [3.05, 3.63) is 45.6 Å². The highest BCUT2D eigenvalue weighted by Gasteiger charge is 2.32. The zero-order valence-corrected chi connectivity index (χ0v) is 15.5. The molecule has 0 fully saturated rings. The van der Waals surface area contributed by atoms with Crippen LogP contribution in [0.15, 0.2) is 45.0 Å². The van der Waals surface area contributed by atoms with Crippen LogP contribution in [0.5, 0.6) is 0 Å². The first-order valence-corrected chi connectivity index (χ1v) is 9.00. The first kappa shape index (κ1) is 17.1. The lowest BCUT2D eigenvalue weighted by atomic mass is 9.96. The number of halogens is 1. The zero-order valence-electron chi connectivity index (χ0n) is 13.1. The summed E-state index contributed by atoms with van der Waals surface area (Å²) in [6.45, 7) is 4.10. The molecular weight excluding hydrogens is 364 g/mol. The van der Waals surface area contributed by atoms with Crippen molar-refractivity contribution in [2.75, 3.05) is 19.9 Å². The van der Waals surface area contributed by atoms with Crippen molar-refractivity contribution in [2.45, 2.75) is 19.9 Å². The average molecular weight is 383 g/mol. The summed E-state index contributed by atoms with van der Waals surface area (Å²) < 4.78 is 6.23. The number of carbonyl (C=O) groups excluding carboxylic acids is 1. The number of aliphatic imine (C=N–C) groups is 1. The van der Waals surface area contributed by atoms with Crippen LogP contribution in [0, 0.1) is 0 Å². The highest BCUT2D eigenvalue weighted by Crippen LogP contribution is 2.36. The number of hydrogen-bond donors (Lipinski definition) is 0. The van der Waals surface area contributed by atoms with Gasteiger partial charge in [-0.2, -0.15) is 0 Å². The molecule has 1 unspecified atom stereocenters. The fourth-order valence-corrected chi connectivity index (χ4v) is 3.21. The van der Waals surface area contributed by atoms with Gasteiger partial charge in [0, 0.05) is 17.2 Å². The van der Waals surface area contributed by atoms with E-state index in [2.05, 4.69) is 15.9 Å². The predicted octanol–water partition coefficient (Wildman–Crippen LogP) is 3.99. The number of benzene rings is 1. The number of rotatable bonds is 3. The molecule has 1 aromatic rings. The smallest absolute Gasteiger partial charge is 0.338 e. The van der Waals surface area contributed by atoms with E-state index < -0.39 is 0 Å². The summed E-state index contributed by atoms with van der Waals surface area (Å²) in [6.07, 6.45) is 1.98. The van der Waals surface area contributed by atoms with E-state index in [9.17, 15) is 4.79 Å². The maximum Gasteiger partial charge on any atom is 0.338 e. The monoisotopic (exact) mass is 382 g/mol. The van der Waals surface area contributed by atoms with Gasteiger partial charge in [0.1, 0.15) is 6.04 Å². The van der Waals surface area contributed by atoms with Crippen LogP contribution in [0.4, 0.5) is 0 Å². The van der Waals surface area contributed by atoms with Gasteiger partial charge in [0.2, 0.25) is 0 Å². The molecule has 0 amide bonds. The largest absolute Gasteiger partial charge is 0.463 e. The molecule has 0 saturated carbocycles.